The predicted molar refractivity (Wildman–Crippen MR) is 127 cm³/mol. The maximum atomic E-state index is 12.9. The molecule has 3 amide bonds. The Morgan fingerprint density at radius 1 is 1.09 bits per heavy atom. The summed E-state index contributed by atoms with van der Waals surface area (Å²) < 4.78 is 16.9. The molecule has 1 aliphatic carbocycles. The van der Waals surface area contributed by atoms with Gasteiger partial charge in [0.05, 0.1) is 16.2 Å². The Kier molecular flexibility index (Phi) is 5.06. The van der Waals surface area contributed by atoms with Crippen LogP contribution in [0.3, 0.4) is 0 Å². The predicted octanol–water partition coefficient (Wildman–Crippen LogP) is 5.08. The monoisotopic (exact) mass is 481 g/mol. The first-order chi connectivity index (χ1) is 16.5. The van der Waals surface area contributed by atoms with Gasteiger partial charge < -0.3 is 29.8 Å². The fourth-order valence-electron chi connectivity index (χ4n) is 5.30. The van der Waals surface area contributed by atoms with Crippen LogP contribution in [0.15, 0.2) is 34.7 Å². The minimum atomic E-state index is -0.538. The van der Waals surface area contributed by atoms with Crippen molar-refractivity contribution in [3.63, 3.8) is 0 Å². The number of fused-ring (bicyclic) bond motifs is 5. The third-order valence-corrected chi connectivity index (χ3v) is 7.19. The topological polar surface area (TPSA) is 102 Å². The lowest BCUT2D eigenvalue weighted by Gasteiger charge is -2.42. The molecule has 1 spiro atoms. The lowest BCUT2D eigenvalue weighted by Crippen LogP contribution is -2.52. The van der Waals surface area contributed by atoms with Gasteiger partial charge in [-0.1, -0.05) is 36.9 Å². The summed E-state index contributed by atoms with van der Waals surface area (Å²) in [5.74, 6) is 1.37. The van der Waals surface area contributed by atoms with Gasteiger partial charge in [-0.25, -0.2) is 4.79 Å². The van der Waals surface area contributed by atoms with E-state index in [0.29, 0.717) is 29.3 Å². The van der Waals surface area contributed by atoms with Crippen molar-refractivity contribution >= 4 is 40.2 Å². The molecule has 2 aromatic carbocycles. The smallest absolute Gasteiger partial charge is 0.319 e. The molecule has 176 valence electrons. The summed E-state index contributed by atoms with van der Waals surface area (Å²) in [6.07, 6.45) is 5.38. The normalized spacial score (nSPS) is 17.9. The fraction of sp³-hybridized carbons (Fsp3) is 0.360. The van der Waals surface area contributed by atoms with Crippen LogP contribution in [0.1, 0.15) is 53.8 Å². The van der Waals surface area contributed by atoms with Crippen molar-refractivity contribution in [2.45, 2.75) is 44.1 Å². The van der Waals surface area contributed by atoms with E-state index in [0.717, 1.165) is 60.1 Å². The van der Waals surface area contributed by atoms with Crippen molar-refractivity contribution < 1.29 is 23.5 Å². The summed E-state index contributed by atoms with van der Waals surface area (Å²) in [7, 11) is 0. The second-order valence-corrected chi connectivity index (χ2v) is 9.46. The number of anilines is 1. The van der Waals surface area contributed by atoms with Gasteiger partial charge in [-0.05, 0) is 49.1 Å². The molecule has 1 saturated carbocycles. The zero-order valence-corrected chi connectivity index (χ0v) is 19.2. The number of urea groups is 1. The largest absolute Gasteiger partial charge is 0.454 e. The van der Waals surface area contributed by atoms with E-state index in [1.165, 1.54) is 0 Å². The van der Waals surface area contributed by atoms with Gasteiger partial charge in [-0.3, -0.25) is 4.79 Å². The van der Waals surface area contributed by atoms with Gasteiger partial charge in [0.2, 0.25) is 6.79 Å². The van der Waals surface area contributed by atoms with E-state index < -0.39 is 5.54 Å². The van der Waals surface area contributed by atoms with Gasteiger partial charge in [-0.15, -0.1) is 0 Å². The second-order valence-electron chi connectivity index (χ2n) is 9.05. The van der Waals surface area contributed by atoms with Crippen molar-refractivity contribution in [1.82, 2.24) is 10.6 Å². The van der Waals surface area contributed by atoms with E-state index in [-0.39, 0.29) is 24.5 Å². The van der Waals surface area contributed by atoms with Crippen molar-refractivity contribution in [3.05, 3.63) is 52.2 Å². The number of ether oxygens (including phenoxy) is 2. The number of furan rings is 1. The third-order valence-electron chi connectivity index (χ3n) is 6.90. The van der Waals surface area contributed by atoms with Crippen LogP contribution in [0.25, 0.3) is 11.0 Å². The maximum Gasteiger partial charge on any atom is 0.319 e. The Bertz CT molecular complexity index is 1310. The molecule has 34 heavy (non-hydrogen) atoms. The number of carbonyl (C=O) groups excluding carboxylic acids is 2. The molecule has 6 rings (SSSR count). The minimum absolute atomic E-state index is 0.216. The standard InChI is InChI=1S/C25H24ClN3O5/c26-16-11-15-12-19(23(30)27-9-6-14-4-5-17-18(10-14)33-13-32-17)34-22(15)20-21(16)28-24(31)29-25(20)7-2-1-3-8-25/h4-5,10-12H,1-3,6-9,13H2,(H,27,30)(H2,28,29,31). The number of halogens is 1. The van der Waals surface area contributed by atoms with Crippen molar-refractivity contribution in [1.29, 1.82) is 0 Å². The van der Waals surface area contributed by atoms with Crippen molar-refractivity contribution in [2.75, 3.05) is 18.7 Å². The molecule has 0 radical (unpaired) electrons. The quantitative estimate of drug-likeness (QED) is 0.482. The van der Waals surface area contributed by atoms with Crippen molar-refractivity contribution in [2.24, 2.45) is 0 Å². The molecule has 3 aromatic rings. The van der Waals surface area contributed by atoms with Crippen LogP contribution >= 0.6 is 11.6 Å². The lowest BCUT2D eigenvalue weighted by atomic mass is 9.74. The van der Waals surface area contributed by atoms with E-state index in [2.05, 4.69) is 16.0 Å². The summed E-state index contributed by atoms with van der Waals surface area (Å²) in [6.45, 7) is 0.672. The zero-order chi connectivity index (χ0) is 23.3. The van der Waals surface area contributed by atoms with Gasteiger partial charge in [0.15, 0.2) is 17.3 Å². The van der Waals surface area contributed by atoms with E-state index in [1.54, 1.807) is 12.1 Å². The summed E-state index contributed by atoms with van der Waals surface area (Å²) in [6, 6.07) is 8.95. The van der Waals surface area contributed by atoms with Crippen LogP contribution in [-0.4, -0.2) is 25.3 Å². The Labute approximate surface area is 200 Å². The molecule has 3 N–H and O–H groups in total. The molecule has 8 nitrogen and oxygen atoms in total. The molecule has 0 atom stereocenters. The number of hydrogen-bond donors (Lipinski definition) is 3. The van der Waals surface area contributed by atoms with E-state index in [4.69, 9.17) is 25.5 Å². The highest BCUT2D eigenvalue weighted by Gasteiger charge is 2.43. The molecule has 0 unspecified atom stereocenters. The highest BCUT2D eigenvalue weighted by Crippen LogP contribution is 2.49. The van der Waals surface area contributed by atoms with Crippen LogP contribution in [0.4, 0.5) is 10.5 Å². The first-order valence-electron chi connectivity index (χ1n) is 11.5. The maximum absolute atomic E-state index is 12.9. The number of rotatable bonds is 4. The molecule has 3 heterocycles. The highest BCUT2D eigenvalue weighted by atomic mass is 35.5. The number of hydrogen-bond acceptors (Lipinski definition) is 5. The average molecular weight is 482 g/mol. The van der Waals surface area contributed by atoms with E-state index in [1.807, 2.05) is 18.2 Å². The Morgan fingerprint density at radius 3 is 2.76 bits per heavy atom. The highest BCUT2D eigenvalue weighted by molar-refractivity contribution is 6.35. The minimum Gasteiger partial charge on any atom is -0.454 e. The number of carbonyl (C=O) groups is 2. The summed E-state index contributed by atoms with van der Waals surface area (Å²) in [4.78, 5) is 25.3. The molecule has 9 heteroatoms. The molecule has 0 saturated heterocycles. The van der Waals surface area contributed by atoms with Gasteiger partial charge in [-0.2, -0.15) is 0 Å². The Morgan fingerprint density at radius 2 is 1.91 bits per heavy atom. The summed E-state index contributed by atoms with van der Waals surface area (Å²) in [5, 5.41) is 10.1. The first kappa shape index (κ1) is 21.2. The van der Waals surface area contributed by atoms with Crippen molar-refractivity contribution in [3.8, 4) is 11.5 Å². The fourth-order valence-corrected chi connectivity index (χ4v) is 5.56. The van der Waals surface area contributed by atoms with Gasteiger partial charge in [0.25, 0.3) is 5.91 Å². The van der Waals surface area contributed by atoms with E-state index in [9.17, 15) is 9.59 Å². The average Bonchev–Trinajstić information content (AvgIpc) is 3.46. The van der Waals surface area contributed by atoms with Gasteiger partial charge in [0.1, 0.15) is 5.58 Å². The Balaban J connectivity index is 1.26. The first-order valence-corrected chi connectivity index (χ1v) is 11.9. The number of amides is 3. The van der Waals surface area contributed by atoms with Crippen LogP contribution in [0.5, 0.6) is 11.5 Å². The second kappa shape index (κ2) is 8.13. The lowest BCUT2D eigenvalue weighted by molar-refractivity contribution is 0.0928. The SMILES string of the molecule is O=C1Nc2c(Cl)cc3cc(C(=O)NCCc4ccc5c(c4)OCO5)oc3c2C2(CCCCC2)N1. The van der Waals surface area contributed by atoms with Crippen LogP contribution in [-0.2, 0) is 12.0 Å². The van der Waals surface area contributed by atoms with Crippen LogP contribution in [0.2, 0.25) is 5.02 Å². The third kappa shape index (κ3) is 3.53. The van der Waals surface area contributed by atoms with E-state index >= 15 is 0 Å². The molecular weight excluding hydrogens is 458 g/mol. The molecular formula is C25H24ClN3O5. The zero-order valence-electron chi connectivity index (χ0n) is 18.5. The molecule has 1 aromatic heterocycles. The summed E-state index contributed by atoms with van der Waals surface area (Å²) in [5.41, 5.74) is 2.51. The van der Waals surface area contributed by atoms with Gasteiger partial charge >= 0.3 is 6.03 Å². The molecule has 1 fully saturated rings. The molecule has 3 aliphatic rings. The number of benzene rings is 2. The number of nitrogens with one attached hydrogen (secondary N) is 3. The summed E-state index contributed by atoms with van der Waals surface area (Å²) >= 11 is 6.57. The molecule has 2 aliphatic heterocycles. The van der Waals surface area contributed by atoms with Gasteiger partial charge in [0, 0.05) is 17.5 Å². The Hall–Kier alpha value is -3.39. The van der Waals surface area contributed by atoms with Crippen LogP contribution < -0.4 is 25.4 Å². The van der Waals surface area contributed by atoms with Crippen LogP contribution in [0, 0.1) is 0 Å². The molecule has 0 bridgehead atoms.